The highest BCUT2D eigenvalue weighted by atomic mass is 16.3. The van der Waals surface area contributed by atoms with Gasteiger partial charge in [0.15, 0.2) is 0 Å². The second-order valence-corrected chi connectivity index (χ2v) is 3.91. The van der Waals surface area contributed by atoms with E-state index in [0.29, 0.717) is 11.5 Å². The Hall–Kier alpha value is -1.75. The minimum atomic E-state index is -0.745. The van der Waals surface area contributed by atoms with Crippen LogP contribution >= 0.6 is 0 Å². The number of aliphatic hydroxyl groups is 1. The first-order valence-corrected chi connectivity index (χ1v) is 5.71. The smallest absolute Gasteiger partial charge is 0.138 e. The second-order valence-electron chi connectivity index (χ2n) is 3.91. The van der Waals surface area contributed by atoms with Gasteiger partial charge in [-0.1, -0.05) is 6.92 Å². The third kappa shape index (κ3) is 2.50. The summed E-state index contributed by atoms with van der Waals surface area (Å²) in [4.78, 5) is 8.25. The third-order valence-corrected chi connectivity index (χ3v) is 2.54. The van der Waals surface area contributed by atoms with E-state index in [9.17, 15) is 5.11 Å². The molecule has 0 aromatic carbocycles. The fourth-order valence-electron chi connectivity index (χ4n) is 1.75. The van der Waals surface area contributed by atoms with Crippen molar-refractivity contribution in [1.82, 2.24) is 19.7 Å². The van der Waals surface area contributed by atoms with Crippen LogP contribution in [0.3, 0.4) is 0 Å². The topological polar surface area (TPSA) is 63.8 Å². The molecule has 0 saturated heterocycles. The number of nitrogens with zero attached hydrogens (tertiary/aromatic N) is 4. The SMILES string of the molecule is CCCn1nccc1C(O)c1ccnc(C)n1. The summed E-state index contributed by atoms with van der Waals surface area (Å²) in [5, 5.41) is 14.4. The molecule has 1 unspecified atom stereocenters. The molecule has 0 radical (unpaired) electrons. The number of hydrogen-bond donors (Lipinski definition) is 1. The van der Waals surface area contributed by atoms with Crippen molar-refractivity contribution in [3.8, 4) is 0 Å². The molecule has 1 N–H and O–H groups in total. The average Bonchev–Trinajstić information content (AvgIpc) is 2.77. The van der Waals surface area contributed by atoms with Crippen molar-refractivity contribution in [1.29, 1.82) is 0 Å². The fourth-order valence-corrected chi connectivity index (χ4v) is 1.75. The van der Waals surface area contributed by atoms with Gasteiger partial charge < -0.3 is 5.11 Å². The van der Waals surface area contributed by atoms with Crippen molar-refractivity contribution in [3.63, 3.8) is 0 Å². The van der Waals surface area contributed by atoms with Crippen LogP contribution in [-0.4, -0.2) is 24.9 Å². The highest BCUT2D eigenvalue weighted by Gasteiger charge is 2.16. The van der Waals surface area contributed by atoms with Crippen molar-refractivity contribution in [3.05, 3.63) is 41.7 Å². The maximum atomic E-state index is 10.3. The molecular formula is C12H16N4O. The maximum Gasteiger partial charge on any atom is 0.138 e. The van der Waals surface area contributed by atoms with E-state index in [1.54, 1.807) is 25.4 Å². The van der Waals surface area contributed by atoms with Crippen LogP contribution in [0.2, 0.25) is 0 Å². The van der Waals surface area contributed by atoms with Gasteiger partial charge in [-0.05, 0) is 25.5 Å². The molecule has 0 amide bonds. The lowest BCUT2D eigenvalue weighted by atomic mass is 10.2. The van der Waals surface area contributed by atoms with E-state index >= 15 is 0 Å². The quantitative estimate of drug-likeness (QED) is 0.867. The predicted octanol–water partition coefficient (Wildman–Crippen LogP) is 1.47. The molecule has 90 valence electrons. The van der Waals surface area contributed by atoms with Crippen LogP contribution in [0.4, 0.5) is 0 Å². The summed E-state index contributed by atoms with van der Waals surface area (Å²) in [7, 11) is 0. The lowest BCUT2D eigenvalue weighted by Crippen LogP contribution is -2.11. The van der Waals surface area contributed by atoms with Crippen molar-refractivity contribution in [2.24, 2.45) is 0 Å². The molecule has 2 rings (SSSR count). The van der Waals surface area contributed by atoms with Crippen LogP contribution in [0.1, 0.15) is 36.7 Å². The maximum absolute atomic E-state index is 10.3. The summed E-state index contributed by atoms with van der Waals surface area (Å²) in [5.74, 6) is 0.656. The number of rotatable bonds is 4. The first kappa shape index (κ1) is 11.7. The van der Waals surface area contributed by atoms with E-state index in [0.717, 1.165) is 18.7 Å². The summed E-state index contributed by atoms with van der Waals surface area (Å²) in [5.41, 5.74) is 1.38. The fraction of sp³-hybridized carbons (Fsp3) is 0.417. The molecule has 2 aromatic rings. The van der Waals surface area contributed by atoms with E-state index in [1.807, 2.05) is 10.7 Å². The first-order valence-electron chi connectivity index (χ1n) is 5.71. The Labute approximate surface area is 100 Å². The van der Waals surface area contributed by atoms with E-state index in [2.05, 4.69) is 22.0 Å². The van der Waals surface area contributed by atoms with Gasteiger partial charge in [0.05, 0.1) is 11.4 Å². The van der Waals surface area contributed by atoms with Crippen molar-refractivity contribution in [2.75, 3.05) is 0 Å². The molecule has 5 heteroatoms. The Kier molecular flexibility index (Phi) is 3.49. The number of aliphatic hydroxyl groups excluding tert-OH is 1. The Morgan fingerprint density at radius 3 is 2.88 bits per heavy atom. The Bertz CT molecular complexity index is 495. The summed E-state index contributed by atoms with van der Waals surface area (Å²) >= 11 is 0. The molecule has 2 heterocycles. The van der Waals surface area contributed by atoms with Gasteiger partial charge in [0.25, 0.3) is 0 Å². The monoisotopic (exact) mass is 232 g/mol. The Balaban J connectivity index is 2.30. The van der Waals surface area contributed by atoms with E-state index in [-0.39, 0.29) is 0 Å². The normalized spacial score (nSPS) is 12.6. The lowest BCUT2D eigenvalue weighted by molar-refractivity contribution is 0.202. The number of hydrogen-bond acceptors (Lipinski definition) is 4. The van der Waals surface area contributed by atoms with Crippen LogP contribution in [0.15, 0.2) is 24.5 Å². The minimum Gasteiger partial charge on any atom is -0.380 e. The third-order valence-electron chi connectivity index (χ3n) is 2.54. The van der Waals surface area contributed by atoms with Crippen LogP contribution in [-0.2, 0) is 6.54 Å². The van der Waals surface area contributed by atoms with Gasteiger partial charge in [0, 0.05) is 18.9 Å². The predicted molar refractivity (Wildman–Crippen MR) is 63.3 cm³/mol. The van der Waals surface area contributed by atoms with Gasteiger partial charge in [-0.25, -0.2) is 9.97 Å². The van der Waals surface area contributed by atoms with Crippen LogP contribution in [0, 0.1) is 6.92 Å². The van der Waals surface area contributed by atoms with Crippen molar-refractivity contribution < 1.29 is 5.11 Å². The van der Waals surface area contributed by atoms with Gasteiger partial charge in [-0.15, -0.1) is 0 Å². The molecule has 2 aromatic heterocycles. The lowest BCUT2D eigenvalue weighted by Gasteiger charge is -2.12. The number of aromatic nitrogens is 4. The molecule has 0 spiro atoms. The largest absolute Gasteiger partial charge is 0.380 e. The summed E-state index contributed by atoms with van der Waals surface area (Å²) < 4.78 is 1.81. The number of aryl methyl sites for hydroxylation is 2. The molecule has 17 heavy (non-hydrogen) atoms. The molecule has 0 aliphatic heterocycles. The zero-order valence-corrected chi connectivity index (χ0v) is 10.0. The van der Waals surface area contributed by atoms with Gasteiger partial charge >= 0.3 is 0 Å². The molecule has 0 bridgehead atoms. The first-order chi connectivity index (χ1) is 8.22. The molecule has 0 fully saturated rings. The minimum absolute atomic E-state index is 0.607. The molecular weight excluding hydrogens is 216 g/mol. The Morgan fingerprint density at radius 1 is 1.35 bits per heavy atom. The van der Waals surface area contributed by atoms with Gasteiger partial charge in [0.2, 0.25) is 0 Å². The van der Waals surface area contributed by atoms with Gasteiger partial charge in [-0.3, -0.25) is 4.68 Å². The van der Waals surface area contributed by atoms with E-state index in [1.165, 1.54) is 0 Å². The standard InChI is InChI=1S/C12H16N4O/c1-3-8-16-11(5-7-14-16)12(17)10-4-6-13-9(2)15-10/h4-7,12,17H,3,8H2,1-2H3. The van der Waals surface area contributed by atoms with Gasteiger partial charge in [0.1, 0.15) is 11.9 Å². The molecule has 0 aliphatic carbocycles. The van der Waals surface area contributed by atoms with E-state index in [4.69, 9.17) is 0 Å². The zero-order chi connectivity index (χ0) is 12.3. The highest BCUT2D eigenvalue weighted by Crippen LogP contribution is 2.19. The molecule has 1 atom stereocenters. The average molecular weight is 232 g/mol. The Morgan fingerprint density at radius 2 is 2.18 bits per heavy atom. The summed E-state index contributed by atoms with van der Waals surface area (Å²) in [6.45, 7) is 4.68. The van der Waals surface area contributed by atoms with Crippen molar-refractivity contribution >= 4 is 0 Å². The van der Waals surface area contributed by atoms with Crippen LogP contribution in [0.25, 0.3) is 0 Å². The zero-order valence-electron chi connectivity index (χ0n) is 10.0. The summed E-state index contributed by atoms with van der Waals surface area (Å²) in [6, 6.07) is 3.54. The second kappa shape index (κ2) is 5.05. The van der Waals surface area contributed by atoms with Gasteiger partial charge in [-0.2, -0.15) is 5.10 Å². The summed E-state index contributed by atoms with van der Waals surface area (Å²) in [6.07, 6.45) is 3.58. The highest BCUT2D eigenvalue weighted by molar-refractivity contribution is 5.18. The molecule has 5 nitrogen and oxygen atoms in total. The van der Waals surface area contributed by atoms with Crippen molar-refractivity contribution in [2.45, 2.75) is 32.9 Å². The molecule has 0 aliphatic rings. The molecule has 0 saturated carbocycles. The van der Waals surface area contributed by atoms with E-state index < -0.39 is 6.10 Å². The van der Waals surface area contributed by atoms with Crippen LogP contribution in [0.5, 0.6) is 0 Å². The van der Waals surface area contributed by atoms with Crippen LogP contribution < -0.4 is 0 Å².